The average molecular weight is 830 g/mol. The summed E-state index contributed by atoms with van der Waals surface area (Å²) in [5.74, 6) is 2.01. The molecule has 0 bridgehead atoms. The van der Waals surface area contributed by atoms with Gasteiger partial charge in [0.15, 0.2) is 23.0 Å². The van der Waals surface area contributed by atoms with E-state index in [1.165, 1.54) is 0 Å². The minimum atomic E-state index is -0.733. The Morgan fingerprint density at radius 3 is 2.23 bits per heavy atom. The van der Waals surface area contributed by atoms with E-state index in [1.807, 2.05) is 36.4 Å². The number of methoxy groups -OCH3 is 4. The number of carbonyl (C=O) groups is 2. The molecule has 0 spiro atoms. The summed E-state index contributed by atoms with van der Waals surface area (Å²) in [4.78, 5) is 31.0. The van der Waals surface area contributed by atoms with Crippen molar-refractivity contribution in [1.29, 1.82) is 0 Å². The van der Waals surface area contributed by atoms with E-state index in [9.17, 15) is 14.7 Å². The van der Waals surface area contributed by atoms with Crippen molar-refractivity contribution in [3.8, 4) is 34.5 Å². The number of amides is 1. The van der Waals surface area contributed by atoms with Gasteiger partial charge in [0.25, 0.3) is 0 Å². The molecule has 11 heteroatoms. The highest BCUT2D eigenvalue weighted by Crippen LogP contribution is 2.45. The molecule has 52 heavy (non-hydrogen) atoms. The maximum absolute atomic E-state index is 15.0. The van der Waals surface area contributed by atoms with Crippen LogP contribution in [0.5, 0.6) is 34.5 Å². The number of phenols is 1. The van der Waals surface area contributed by atoms with Crippen LogP contribution < -0.4 is 23.7 Å². The molecule has 2 aliphatic rings. The fourth-order valence-corrected chi connectivity index (χ4v) is 7.88. The van der Waals surface area contributed by atoms with Gasteiger partial charge in [-0.2, -0.15) is 0 Å². The number of hydrogen-bond acceptors (Lipinski definition) is 9. The van der Waals surface area contributed by atoms with Gasteiger partial charge in [-0.15, -0.1) is 0 Å². The normalized spacial score (nSPS) is 17.5. The van der Waals surface area contributed by atoms with Gasteiger partial charge in [-0.05, 0) is 104 Å². The van der Waals surface area contributed by atoms with Crippen molar-refractivity contribution in [3.05, 3.63) is 71.3 Å². The predicted octanol–water partition coefficient (Wildman–Crippen LogP) is 8.20. The molecule has 5 rings (SSSR count). The summed E-state index contributed by atoms with van der Waals surface area (Å²) in [6, 6.07) is 15.6. The summed E-state index contributed by atoms with van der Waals surface area (Å²) in [5, 5.41) is 10.4. The number of halogens is 1. The van der Waals surface area contributed by atoms with Gasteiger partial charge < -0.3 is 38.4 Å². The number of rotatable bonds is 16. The van der Waals surface area contributed by atoms with Gasteiger partial charge in [0.1, 0.15) is 17.9 Å². The fraction of sp³-hybridized carbons (Fsp3) is 0.512. The number of likely N-dealkylation sites (tertiary alicyclic amines) is 1. The number of aryl methyl sites for hydroxylation is 1. The third-order valence-electron chi connectivity index (χ3n) is 10.2. The molecule has 1 saturated heterocycles. The molecule has 3 atom stereocenters. The number of piperidine rings is 1. The van der Waals surface area contributed by atoms with Crippen LogP contribution in [0.3, 0.4) is 0 Å². The van der Waals surface area contributed by atoms with Crippen molar-refractivity contribution in [3.63, 3.8) is 0 Å². The fourth-order valence-electron chi connectivity index (χ4n) is 7.66. The van der Waals surface area contributed by atoms with Crippen molar-refractivity contribution in [2.75, 3.05) is 46.0 Å². The van der Waals surface area contributed by atoms with Gasteiger partial charge in [0, 0.05) is 11.0 Å². The van der Waals surface area contributed by atoms with E-state index in [0.29, 0.717) is 66.7 Å². The lowest BCUT2D eigenvalue weighted by molar-refractivity contribution is -0.163. The zero-order valence-electron chi connectivity index (χ0n) is 30.7. The highest BCUT2D eigenvalue weighted by molar-refractivity contribution is 14.1. The number of nitrogens with zero attached hydrogens (tertiary/aromatic N) is 1. The second kappa shape index (κ2) is 19.3. The monoisotopic (exact) mass is 829 g/mol. The number of esters is 1. The molecule has 282 valence electrons. The zero-order chi connectivity index (χ0) is 37.0. The van der Waals surface area contributed by atoms with Gasteiger partial charge in [0.2, 0.25) is 11.7 Å². The molecule has 1 aliphatic heterocycles. The lowest BCUT2D eigenvalue weighted by Gasteiger charge is -2.40. The summed E-state index contributed by atoms with van der Waals surface area (Å²) < 4.78 is 35.6. The Morgan fingerprint density at radius 2 is 1.54 bits per heavy atom. The smallest absolute Gasteiger partial charge is 0.329 e. The van der Waals surface area contributed by atoms with Crippen LogP contribution in [0.4, 0.5) is 0 Å². The van der Waals surface area contributed by atoms with E-state index < -0.39 is 24.0 Å². The molecule has 0 aromatic heterocycles. The molecular weight excluding hydrogens is 777 g/mol. The lowest BCUT2D eigenvalue weighted by atomic mass is 9.75. The molecule has 2 fully saturated rings. The minimum Gasteiger partial charge on any atom is -0.508 e. The molecule has 1 heterocycles. The number of alkyl halides is 1. The Balaban J connectivity index is 1.44. The summed E-state index contributed by atoms with van der Waals surface area (Å²) in [7, 11) is 6.36. The molecule has 1 aliphatic carbocycles. The predicted molar refractivity (Wildman–Crippen MR) is 207 cm³/mol. The summed E-state index contributed by atoms with van der Waals surface area (Å²) in [6.07, 6.45) is 7.61. The van der Waals surface area contributed by atoms with Gasteiger partial charge in [-0.3, -0.25) is 4.79 Å². The first-order valence-corrected chi connectivity index (χ1v) is 19.8. The lowest BCUT2D eigenvalue weighted by Crippen LogP contribution is -2.51. The number of benzene rings is 3. The quantitative estimate of drug-likeness (QED) is 0.0868. The van der Waals surface area contributed by atoms with Gasteiger partial charge in [-0.1, -0.05) is 60.1 Å². The topological polar surface area (TPSA) is 113 Å². The van der Waals surface area contributed by atoms with Crippen molar-refractivity contribution >= 4 is 34.5 Å². The Hall–Kier alpha value is -3.87. The number of ether oxygens (including phenoxy) is 6. The maximum atomic E-state index is 15.0. The SMILES string of the molecule is COc1ccc(CCC(OC(=O)[C@H]2CCCCN2C(=O)C(c2cc(OC)c(OC)c(OCCI)c2)C2CCCCC2)c2cccc(O)c2)cc1OC. The third-order valence-corrected chi connectivity index (χ3v) is 10.7. The summed E-state index contributed by atoms with van der Waals surface area (Å²) in [5.41, 5.74) is 2.48. The molecule has 3 aromatic carbocycles. The first kappa shape index (κ1) is 39.3. The molecule has 2 unspecified atom stereocenters. The maximum Gasteiger partial charge on any atom is 0.329 e. The van der Waals surface area contributed by atoms with Crippen molar-refractivity contribution in [2.45, 2.75) is 82.3 Å². The van der Waals surface area contributed by atoms with E-state index in [1.54, 1.807) is 51.5 Å². The average Bonchev–Trinajstić information content (AvgIpc) is 3.18. The highest BCUT2D eigenvalue weighted by Gasteiger charge is 2.41. The van der Waals surface area contributed by atoms with E-state index >= 15 is 0 Å². The standard InChI is InChI=1S/C41H52INO9/c1-47-34-19-17-27(23-35(34)48-2)16-18-33(29-13-10-14-31(44)24-29)52-41(46)32-15-8-9-21-43(32)40(45)38(28-11-6-5-7-12-28)30-25-36(49-3)39(50-4)37(26-30)51-22-20-42/h10,13-14,17,19,23-26,28,32-33,38,44H,5-9,11-12,15-16,18,20-22H2,1-4H3/t32-,33?,38?/m1/s1. The van der Waals surface area contributed by atoms with Crippen molar-refractivity contribution in [2.24, 2.45) is 5.92 Å². The molecule has 1 amide bonds. The zero-order valence-corrected chi connectivity index (χ0v) is 32.9. The molecule has 10 nitrogen and oxygen atoms in total. The highest BCUT2D eigenvalue weighted by atomic mass is 127. The van der Waals surface area contributed by atoms with Crippen LogP contribution in [0, 0.1) is 5.92 Å². The van der Waals surface area contributed by atoms with Crippen LogP contribution in [0.1, 0.15) is 86.5 Å². The van der Waals surface area contributed by atoms with E-state index in [-0.39, 0.29) is 17.6 Å². The summed E-state index contributed by atoms with van der Waals surface area (Å²) >= 11 is 2.26. The third kappa shape index (κ3) is 9.56. The van der Waals surface area contributed by atoms with Crippen molar-refractivity contribution in [1.82, 2.24) is 4.90 Å². The van der Waals surface area contributed by atoms with Crippen LogP contribution in [0.15, 0.2) is 54.6 Å². The van der Waals surface area contributed by atoms with Crippen LogP contribution in [-0.4, -0.2) is 73.9 Å². The Morgan fingerprint density at radius 1 is 0.808 bits per heavy atom. The molecule has 1 N–H and O–H groups in total. The van der Waals surface area contributed by atoms with Crippen LogP contribution in [0.2, 0.25) is 0 Å². The number of aromatic hydroxyl groups is 1. The number of hydrogen-bond donors (Lipinski definition) is 1. The second-order valence-corrected chi connectivity index (χ2v) is 14.5. The Bertz CT molecular complexity index is 1640. The van der Waals surface area contributed by atoms with Crippen LogP contribution >= 0.6 is 22.6 Å². The molecule has 3 aromatic rings. The van der Waals surface area contributed by atoms with E-state index in [0.717, 1.165) is 60.5 Å². The molecule has 0 radical (unpaired) electrons. The summed E-state index contributed by atoms with van der Waals surface area (Å²) in [6.45, 7) is 0.952. The number of carbonyl (C=O) groups excluding carboxylic acids is 2. The minimum absolute atomic E-state index is 0.0696. The Kier molecular flexibility index (Phi) is 14.6. The second-order valence-electron chi connectivity index (χ2n) is 13.5. The molecule has 1 saturated carbocycles. The van der Waals surface area contributed by atoms with Crippen molar-refractivity contribution < 1.29 is 43.1 Å². The van der Waals surface area contributed by atoms with Crippen LogP contribution in [0.25, 0.3) is 0 Å². The Labute approximate surface area is 321 Å². The largest absolute Gasteiger partial charge is 0.508 e. The van der Waals surface area contributed by atoms with Gasteiger partial charge in [-0.25, -0.2) is 4.79 Å². The van der Waals surface area contributed by atoms with Crippen LogP contribution in [-0.2, 0) is 20.7 Å². The first-order chi connectivity index (χ1) is 25.3. The molecular formula is C41H52INO9. The first-order valence-electron chi connectivity index (χ1n) is 18.3. The van der Waals surface area contributed by atoms with E-state index in [4.69, 9.17) is 28.4 Å². The van der Waals surface area contributed by atoms with Gasteiger partial charge in [0.05, 0.1) is 41.0 Å². The van der Waals surface area contributed by atoms with E-state index in [2.05, 4.69) is 22.6 Å². The van der Waals surface area contributed by atoms with Gasteiger partial charge >= 0.3 is 5.97 Å². The number of phenolic OH excluding ortho intramolecular Hbond substituents is 1.